The third-order valence-electron chi connectivity index (χ3n) is 4.78. The molecule has 0 heterocycles. The Labute approximate surface area is 128 Å². The number of nitrogens with zero attached hydrogens (tertiary/aromatic N) is 1. The molecule has 0 saturated heterocycles. The minimum atomic E-state index is 0.144. The molecule has 116 valence electrons. The molecular formula is C18H28N2O. The number of nitrogens with one attached hydrogen (secondary N) is 1. The van der Waals surface area contributed by atoms with Crippen molar-refractivity contribution in [1.29, 1.82) is 0 Å². The Morgan fingerprint density at radius 1 is 1.14 bits per heavy atom. The van der Waals surface area contributed by atoms with Gasteiger partial charge in [0.25, 0.3) is 0 Å². The summed E-state index contributed by atoms with van der Waals surface area (Å²) >= 11 is 0. The standard InChI is InChI=1S/C18H28N2O/c1-13-5-8-17(11-14(13)2)19-16-9-6-15(7-10-16)12-18(21)20(3)4/h6-7,9-10,13-14,17,19H,5,8,11-12H2,1-4H3. The second kappa shape index (κ2) is 6.97. The Hall–Kier alpha value is -1.51. The number of hydrogen-bond donors (Lipinski definition) is 1. The van der Waals surface area contributed by atoms with Crippen molar-refractivity contribution in [3.8, 4) is 0 Å². The number of carbonyl (C=O) groups excluding carboxylic acids is 1. The highest BCUT2D eigenvalue weighted by Gasteiger charge is 2.24. The van der Waals surface area contributed by atoms with E-state index in [0.717, 1.165) is 17.4 Å². The van der Waals surface area contributed by atoms with Crippen LogP contribution >= 0.6 is 0 Å². The fourth-order valence-corrected chi connectivity index (χ4v) is 2.97. The van der Waals surface area contributed by atoms with Gasteiger partial charge in [0.1, 0.15) is 0 Å². The molecule has 3 unspecified atom stereocenters. The molecule has 1 aliphatic rings. The van der Waals surface area contributed by atoms with E-state index >= 15 is 0 Å². The highest BCUT2D eigenvalue weighted by Crippen LogP contribution is 2.31. The van der Waals surface area contributed by atoms with Crippen molar-refractivity contribution in [3.05, 3.63) is 29.8 Å². The van der Waals surface area contributed by atoms with Gasteiger partial charge in [0.05, 0.1) is 6.42 Å². The highest BCUT2D eigenvalue weighted by atomic mass is 16.2. The lowest BCUT2D eigenvalue weighted by Gasteiger charge is -2.33. The van der Waals surface area contributed by atoms with Gasteiger partial charge in [-0.2, -0.15) is 0 Å². The van der Waals surface area contributed by atoms with Gasteiger partial charge in [-0.3, -0.25) is 4.79 Å². The lowest BCUT2D eigenvalue weighted by Crippen LogP contribution is -2.30. The van der Waals surface area contributed by atoms with E-state index in [-0.39, 0.29) is 5.91 Å². The fraction of sp³-hybridized carbons (Fsp3) is 0.611. The molecule has 1 aliphatic carbocycles. The zero-order valence-corrected chi connectivity index (χ0v) is 13.7. The van der Waals surface area contributed by atoms with E-state index in [1.54, 1.807) is 19.0 Å². The largest absolute Gasteiger partial charge is 0.382 e. The Balaban J connectivity index is 1.89. The Morgan fingerprint density at radius 2 is 1.81 bits per heavy atom. The average Bonchev–Trinajstić information content (AvgIpc) is 2.45. The highest BCUT2D eigenvalue weighted by molar-refractivity contribution is 5.78. The predicted octanol–water partition coefficient (Wildman–Crippen LogP) is 3.55. The van der Waals surface area contributed by atoms with Crippen molar-refractivity contribution in [1.82, 2.24) is 4.90 Å². The quantitative estimate of drug-likeness (QED) is 0.919. The molecule has 0 radical (unpaired) electrons. The van der Waals surface area contributed by atoms with Gasteiger partial charge in [-0.05, 0) is 48.8 Å². The van der Waals surface area contributed by atoms with Crippen molar-refractivity contribution in [3.63, 3.8) is 0 Å². The molecule has 2 rings (SSSR count). The zero-order chi connectivity index (χ0) is 15.4. The first-order valence-electron chi connectivity index (χ1n) is 8.01. The van der Waals surface area contributed by atoms with Crippen LogP contribution in [0.2, 0.25) is 0 Å². The van der Waals surface area contributed by atoms with Crippen LogP contribution in [0.4, 0.5) is 5.69 Å². The molecule has 1 amide bonds. The molecule has 1 fully saturated rings. The second-order valence-corrected chi connectivity index (χ2v) is 6.77. The van der Waals surface area contributed by atoms with Crippen LogP contribution in [0, 0.1) is 11.8 Å². The minimum Gasteiger partial charge on any atom is -0.382 e. The maximum atomic E-state index is 11.7. The summed E-state index contributed by atoms with van der Waals surface area (Å²) in [5, 5.41) is 3.64. The Bertz CT molecular complexity index is 467. The fourth-order valence-electron chi connectivity index (χ4n) is 2.97. The van der Waals surface area contributed by atoms with Crippen LogP contribution in [-0.2, 0) is 11.2 Å². The number of benzene rings is 1. The Kier molecular flexibility index (Phi) is 5.27. The van der Waals surface area contributed by atoms with Gasteiger partial charge < -0.3 is 10.2 Å². The average molecular weight is 288 g/mol. The molecule has 3 atom stereocenters. The van der Waals surface area contributed by atoms with Gasteiger partial charge in [-0.15, -0.1) is 0 Å². The third-order valence-corrected chi connectivity index (χ3v) is 4.78. The van der Waals surface area contributed by atoms with Crippen LogP contribution in [0.3, 0.4) is 0 Å². The number of anilines is 1. The van der Waals surface area contributed by atoms with E-state index in [1.807, 2.05) is 0 Å². The second-order valence-electron chi connectivity index (χ2n) is 6.77. The SMILES string of the molecule is CC1CCC(Nc2ccc(CC(=O)N(C)C)cc2)CC1C. The monoisotopic (exact) mass is 288 g/mol. The molecule has 1 aromatic rings. The maximum absolute atomic E-state index is 11.7. The van der Waals surface area contributed by atoms with E-state index in [2.05, 4.69) is 43.4 Å². The maximum Gasteiger partial charge on any atom is 0.226 e. The smallest absolute Gasteiger partial charge is 0.226 e. The molecule has 1 N–H and O–H groups in total. The van der Waals surface area contributed by atoms with Crippen molar-refractivity contribution in [2.75, 3.05) is 19.4 Å². The van der Waals surface area contributed by atoms with Gasteiger partial charge in [-0.1, -0.05) is 26.0 Å². The molecule has 3 heteroatoms. The molecule has 1 saturated carbocycles. The van der Waals surface area contributed by atoms with Crippen molar-refractivity contribution in [2.45, 2.75) is 45.6 Å². The molecule has 21 heavy (non-hydrogen) atoms. The lowest BCUT2D eigenvalue weighted by atomic mass is 9.79. The number of carbonyl (C=O) groups is 1. The van der Waals surface area contributed by atoms with E-state index in [9.17, 15) is 4.79 Å². The van der Waals surface area contributed by atoms with Crippen LogP contribution in [0.15, 0.2) is 24.3 Å². The molecule has 0 aliphatic heterocycles. The van der Waals surface area contributed by atoms with Crippen LogP contribution in [0.5, 0.6) is 0 Å². The Morgan fingerprint density at radius 3 is 2.38 bits per heavy atom. The molecule has 0 spiro atoms. The number of likely N-dealkylation sites (N-methyl/N-ethyl adjacent to an activating group) is 1. The van der Waals surface area contributed by atoms with E-state index in [1.165, 1.54) is 24.9 Å². The summed E-state index contributed by atoms with van der Waals surface area (Å²) in [6.07, 6.45) is 4.30. The van der Waals surface area contributed by atoms with E-state index in [0.29, 0.717) is 12.5 Å². The first-order chi connectivity index (χ1) is 9.95. The number of hydrogen-bond acceptors (Lipinski definition) is 2. The molecule has 0 aromatic heterocycles. The summed E-state index contributed by atoms with van der Waals surface area (Å²) in [7, 11) is 3.59. The summed E-state index contributed by atoms with van der Waals surface area (Å²) < 4.78 is 0. The van der Waals surface area contributed by atoms with Gasteiger partial charge in [0.15, 0.2) is 0 Å². The summed E-state index contributed by atoms with van der Waals surface area (Å²) in [5.74, 6) is 1.79. The van der Waals surface area contributed by atoms with Crippen LogP contribution in [0.1, 0.15) is 38.7 Å². The molecular weight excluding hydrogens is 260 g/mol. The van der Waals surface area contributed by atoms with Crippen molar-refractivity contribution >= 4 is 11.6 Å². The topological polar surface area (TPSA) is 32.3 Å². The third kappa shape index (κ3) is 4.48. The minimum absolute atomic E-state index is 0.144. The predicted molar refractivity (Wildman–Crippen MR) is 88.4 cm³/mol. The van der Waals surface area contributed by atoms with Gasteiger partial charge in [-0.25, -0.2) is 0 Å². The first-order valence-corrected chi connectivity index (χ1v) is 8.01. The van der Waals surface area contributed by atoms with E-state index < -0.39 is 0 Å². The number of rotatable bonds is 4. The van der Waals surface area contributed by atoms with Crippen molar-refractivity contribution < 1.29 is 4.79 Å². The van der Waals surface area contributed by atoms with E-state index in [4.69, 9.17) is 0 Å². The summed E-state index contributed by atoms with van der Waals surface area (Å²) in [4.78, 5) is 13.3. The summed E-state index contributed by atoms with van der Waals surface area (Å²) in [6, 6.07) is 8.89. The summed E-state index contributed by atoms with van der Waals surface area (Å²) in [6.45, 7) is 4.71. The van der Waals surface area contributed by atoms with Crippen molar-refractivity contribution in [2.24, 2.45) is 11.8 Å². The van der Waals surface area contributed by atoms with Crippen LogP contribution in [-0.4, -0.2) is 30.9 Å². The normalized spacial score (nSPS) is 25.4. The van der Waals surface area contributed by atoms with Gasteiger partial charge in [0, 0.05) is 25.8 Å². The lowest BCUT2D eigenvalue weighted by molar-refractivity contribution is -0.127. The molecule has 1 aromatic carbocycles. The molecule has 3 nitrogen and oxygen atoms in total. The van der Waals surface area contributed by atoms with Crippen LogP contribution in [0.25, 0.3) is 0 Å². The summed E-state index contributed by atoms with van der Waals surface area (Å²) in [5.41, 5.74) is 2.24. The van der Waals surface area contributed by atoms with Gasteiger partial charge >= 0.3 is 0 Å². The van der Waals surface area contributed by atoms with Crippen LogP contribution < -0.4 is 5.32 Å². The zero-order valence-electron chi connectivity index (χ0n) is 13.7. The molecule has 0 bridgehead atoms. The first kappa shape index (κ1) is 15.9. The van der Waals surface area contributed by atoms with Gasteiger partial charge in [0.2, 0.25) is 5.91 Å². The number of amides is 1.